The van der Waals surface area contributed by atoms with Gasteiger partial charge in [-0.1, -0.05) is 35.9 Å². The first-order chi connectivity index (χ1) is 6.29. The van der Waals surface area contributed by atoms with Crippen LogP contribution in [0.4, 0.5) is 0 Å². The van der Waals surface area contributed by atoms with Crippen LogP contribution in [0.15, 0.2) is 52.0 Å². The van der Waals surface area contributed by atoms with Crippen LogP contribution in [-0.4, -0.2) is 4.98 Å². The quantitative estimate of drug-likeness (QED) is 0.668. The lowest BCUT2D eigenvalue weighted by Crippen LogP contribution is -1.91. The van der Waals surface area contributed by atoms with E-state index in [2.05, 4.69) is 28.5 Å². The summed E-state index contributed by atoms with van der Waals surface area (Å²) in [5, 5.41) is 0. The zero-order chi connectivity index (χ0) is 9.52. The highest BCUT2D eigenvalue weighted by Gasteiger charge is 1.73. The smallest absolute Gasteiger partial charge is 0.416 e. The third-order valence-corrected chi connectivity index (χ3v) is 1.38. The summed E-state index contributed by atoms with van der Waals surface area (Å²) >= 11 is 0. The summed E-state index contributed by atoms with van der Waals surface area (Å²) in [7, 11) is 0. The molecule has 1 aromatic carbocycles. The van der Waals surface area contributed by atoms with Gasteiger partial charge in [-0.05, 0) is 6.92 Å². The Hall–Kier alpha value is -1.77. The van der Waals surface area contributed by atoms with Crippen molar-refractivity contribution in [1.82, 2.24) is 4.98 Å². The molecule has 0 unspecified atom stereocenters. The molecule has 0 bridgehead atoms. The zero-order valence-electron chi connectivity index (χ0n) is 7.36. The molecule has 0 saturated heterocycles. The number of hydrogen-bond acceptors (Lipinski definition) is 2. The van der Waals surface area contributed by atoms with Crippen LogP contribution in [0.3, 0.4) is 0 Å². The Morgan fingerprint density at radius 2 is 1.92 bits per heavy atom. The molecule has 0 fully saturated rings. The summed E-state index contributed by atoms with van der Waals surface area (Å²) in [6, 6.07) is 10.3. The van der Waals surface area contributed by atoms with Crippen molar-refractivity contribution in [1.29, 1.82) is 0 Å². The molecule has 13 heavy (non-hydrogen) atoms. The third-order valence-electron chi connectivity index (χ3n) is 1.38. The fourth-order valence-corrected chi connectivity index (χ4v) is 0.766. The van der Waals surface area contributed by atoms with Crippen molar-refractivity contribution in [2.24, 2.45) is 0 Å². The van der Waals surface area contributed by atoms with E-state index in [9.17, 15) is 4.79 Å². The van der Waals surface area contributed by atoms with Gasteiger partial charge < -0.3 is 4.42 Å². The fraction of sp³-hybridized carbons (Fsp3) is 0.100. The van der Waals surface area contributed by atoms with Gasteiger partial charge in [0, 0.05) is 6.20 Å². The predicted octanol–water partition coefficient (Wildman–Crippen LogP) is 1.96. The molecule has 1 heterocycles. The first kappa shape index (κ1) is 9.32. The summed E-state index contributed by atoms with van der Waals surface area (Å²) in [6.07, 6.45) is 2.73. The van der Waals surface area contributed by atoms with Crippen LogP contribution in [0, 0.1) is 6.92 Å². The highest BCUT2D eigenvalue weighted by atomic mass is 16.4. The SMILES string of the molecule is Cc1ccccc1.O=c1[nH]cco1. The van der Waals surface area contributed by atoms with Gasteiger partial charge in [0.1, 0.15) is 6.26 Å². The number of aryl methyl sites for hydroxylation is 1. The summed E-state index contributed by atoms with van der Waals surface area (Å²) in [6.45, 7) is 2.08. The minimum atomic E-state index is -0.407. The second-order valence-electron chi connectivity index (χ2n) is 2.51. The lowest BCUT2D eigenvalue weighted by Gasteiger charge is -1.82. The zero-order valence-corrected chi connectivity index (χ0v) is 7.36. The van der Waals surface area contributed by atoms with Crippen molar-refractivity contribution in [3.05, 3.63) is 58.9 Å². The molecule has 0 radical (unpaired) electrons. The molecule has 0 aliphatic heterocycles. The average molecular weight is 177 g/mol. The van der Waals surface area contributed by atoms with E-state index in [4.69, 9.17) is 0 Å². The van der Waals surface area contributed by atoms with Gasteiger partial charge in [-0.25, -0.2) is 4.79 Å². The number of aromatic amines is 1. The summed E-state index contributed by atoms with van der Waals surface area (Å²) in [5.74, 6) is -0.407. The predicted molar refractivity (Wildman–Crippen MR) is 50.5 cm³/mol. The Labute approximate surface area is 76.0 Å². The molecular formula is C10H11NO2. The number of oxazole rings is 1. The topological polar surface area (TPSA) is 46.0 Å². The Morgan fingerprint density at radius 3 is 2.15 bits per heavy atom. The summed E-state index contributed by atoms with van der Waals surface area (Å²) in [5.41, 5.74) is 1.32. The van der Waals surface area contributed by atoms with Crippen LogP contribution in [0.5, 0.6) is 0 Å². The fourth-order valence-electron chi connectivity index (χ4n) is 0.766. The molecule has 1 aromatic heterocycles. The van der Waals surface area contributed by atoms with E-state index in [1.165, 1.54) is 18.0 Å². The van der Waals surface area contributed by atoms with E-state index in [0.717, 1.165) is 0 Å². The lowest BCUT2D eigenvalue weighted by atomic mass is 10.2. The minimum Gasteiger partial charge on any atom is -0.417 e. The van der Waals surface area contributed by atoms with Crippen molar-refractivity contribution < 1.29 is 4.42 Å². The van der Waals surface area contributed by atoms with Crippen LogP contribution in [0.2, 0.25) is 0 Å². The molecule has 3 nitrogen and oxygen atoms in total. The number of benzene rings is 1. The maximum atomic E-state index is 9.85. The van der Waals surface area contributed by atoms with Crippen LogP contribution in [0.25, 0.3) is 0 Å². The molecule has 0 spiro atoms. The minimum absolute atomic E-state index is 0.407. The molecule has 3 heteroatoms. The Kier molecular flexibility index (Phi) is 3.57. The maximum Gasteiger partial charge on any atom is 0.416 e. The van der Waals surface area contributed by atoms with E-state index in [0.29, 0.717) is 0 Å². The largest absolute Gasteiger partial charge is 0.417 e. The first-order valence-electron chi connectivity index (χ1n) is 3.93. The average Bonchev–Trinajstić information content (AvgIpc) is 2.58. The van der Waals surface area contributed by atoms with E-state index in [1.807, 2.05) is 18.2 Å². The van der Waals surface area contributed by atoms with Crippen LogP contribution < -0.4 is 5.76 Å². The van der Waals surface area contributed by atoms with Crippen molar-refractivity contribution in [3.8, 4) is 0 Å². The number of rotatable bonds is 0. The van der Waals surface area contributed by atoms with Gasteiger partial charge in [-0.3, -0.25) is 4.98 Å². The summed E-state index contributed by atoms with van der Waals surface area (Å²) in [4.78, 5) is 12.1. The normalized spacial score (nSPS) is 8.69. The van der Waals surface area contributed by atoms with E-state index in [1.54, 1.807) is 0 Å². The van der Waals surface area contributed by atoms with Crippen LogP contribution in [-0.2, 0) is 0 Å². The molecule has 0 amide bonds. The maximum absolute atomic E-state index is 9.85. The van der Waals surface area contributed by atoms with Crippen molar-refractivity contribution in [2.45, 2.75) is 6.92 Å². The number of hydrogen-bond donors (Lipinski definition) is 1. The van der Waals surface area contributed by atoms with Gasteiger partial charge in [0.05, 0.1) is 0 Å². The highest BCUT2D eigenvalue weighted by Crippen LogP contribution is 1.92. The monoisotopic (exact) mass is 177 g/mol. The van der Waals surface area contributed by atoms with Gasteiger partial charge in [-0.15, -0.1) is 0 Å². The van der Waals surface area contributed by atoms with Crippen molar-refractivity contribution in [3.63, 3.8) is 0 Å². The Morgan fingerprint density at radius 1 is 1.23 bits per heavy atom. The van der Waals surface area contributed by atoms with Crippen molar-refractivity contribution >= 4 is 0 Å². The molecule has 0 atom stereocenters. The number of nitrogens with one attached hydrogen (secondary N) is 1. The third kappa shape index (κ3) is 3.96. The number of aromatic nitrogens is 1. The molecule has 68 valence electrons. The van der Waals surface area contributed by atoms with Gasteiger partial charge >= 0.3 is 5.76 Å². The molecule has 1 N–H and O–H groups in total. The van der Waals surface area contributed by atoms with Crippen LogP contribution >= 0.6 is 0 Å². The van der Waals surface area contributed by atoms with Gasteiger partial charge in [0.25, 0.3) is 0 Å². The van der Waals surface area contributed by atoms with Gasteiger partial charge in [0.15, 0.2) is 0 Å². The van der Waals surface area contributed by atoms with Crippen LogP contribution in [0.1, 0.15) is 5.56 Å². The van der Waals surface area contributed by atoms with Gasteiger partial charge in [0.2, 0.25) is 0 Å². The Balaban J connectivity index is 0.000000132. The highest BCUT2D eigenvalue weighted by molar-refractivity contribution is 5.11. The lowest BCUT2D eigenvalue weighted by molar-refractivity contribution is 0.515. The molecule has 0 saturated carbocycles. The van der Waals surface area contributed by atoms with Gasteiger partial charge in [-0.2, -0.15) is 0 Å². The molecule has 0 aliphatic carbocycles. The second kappa shape index (κ2) is 4.98. The standard InChI is InChI=1S/C7H8.C3H3NO2/c1-7-5-3-2-4-6-7;5-3-4-1-2-6-3/h2-6H,1H3;1-2H,(H,4,5). The summed E-state index contributed by atoms with van der Waals surface area (Å²) < 4.78 is 4.22. The second-order valence-corrected chi connectivity index (χ2v) is 2.51. The van der Waals surface area contributed by atoms with E-state index in [-0.39, 0.29) is 0 Å². The molecular weight excluding hydrogens is 166 g/mol. The van der Waals surface area contributed by atoms with E-state index >= 15 is 0 Å². The Bertz CT molecular complexity index is 358. The van der Waals surface area contributed by atoms with E-state index < -0.39 is 5.76 Å². The molecule has 2 aromatic rings. The molecule has 0 aliphatic rings. The van der Waals surface area contributed by atoms with Crippen molar-refractivity contribution in [2.75, 3.05) is 0 Å². The number of H-pyrrole nitrogens is 1. The molecule has 2 rings (SSSR count). The first-order valence-corrected chi connectivity index (χ1v) is 3.93.